The number of anilines is 2. The lowest BCUT2D eigenvalue weighted by Crippen LogP contribution is -2.16. The summed E-state index contributed by atoms with van der Waals surface area (Å²) < 4.78 is 33.3. The molecule has 30 heavy (non-hydrogen) atoms. The van der Waals surface area contributed by atoms with Crippen molar-refractivity contribution in [2.24, 2.45) is 0 Å². The Labute approximate surface area is 180 Å². The van der Waals surface area contributed by atoms with Crippen LogP contribution >= 0.6 is 11.8 Å². The molecule has 6 nitrogen and oxygen atoms in total. The van der Waals surface area contributed by atoms with Crippen molar-refractivity contribution >= 4 is 39.1 Å². The second-order valence-corrected chi connectivity index (χ2v) is 9.14. The molecule has 0 saturated carbocycles. The quantitative estimate of drug-likeness (QED) is 0.501. The fourth-order valence-electron chi connectivity index (χ4n) is 2.73. The van der Waals surface area contributed by atoms with Crippen LogP contribution in [0, 0.1) is 6.92 Å². The molecule has 0 aliphatic heterocycles. The highest BCUT2D eigenvalue weighted by Gasteiger charge is 2.17. The molecule has 8 heteroatoms. The molecule has 0 atom stereocenters. The van der Waals surface area contributed by atoms with E-state index in [1.807, 2.05) is 31.2 Å². The zero-order valence-electron chi connectivity index (χ0n) is 16.6. The Morgan fingerprint density at radius 3 is 2.50 bits per heavy atom. The normalized spacial score (nSPS) is 11.0. The number of rotatable bonds is 8. The molecule has 0 saturated heterocycles. The van der Waals surface area contributed by atoms with Crippen molar-refractivity contribution in [3.63, 3.8) is 0 Å². The van der Waals surface area contributed by atoms with Crippen LogP contribution in [0.15, 0.2) is 82.6 Å². The minimum absolute atomic E-state index is 0.0396. The van der Waals surface area contributed by atoms with Gasteiger partial charge in [0.2, 0.25) is 5.91 Å². The van der Waals surface area contributed by atoms with Crippen LogP contribution < -0.4 is 14.8 Å². The summed E-state index contributed by atoms with van der Waals surface area (Å²) in [7, 11) is -2.38. The smallest absolute Gasteiger partial charge is 0.262 e. The van der Waals surface area contributed by atoms with Crippen molar-refractivity contribution in [3.8, 4) is 5.75 Å². The third-order valence-electron chi connectivity index (χ3n) is 4.23. The van der Waals surface area contributed by atoms with Crippen molar-refractivity contribution in [2.45, 2.75) is 16.7 Å². The van der Waals surface area contributed by atoms with E-state index in [4.69, 9.17) is 4.74 Å². The van der Waals surface area contributed by atoms with Crippen LogP contribution in [0.5, 0.6) is 5.75 Å². The first-order valence-corrected chi connectivity index (χ1v) is 11.6. The van der Waals surface area contributed by atoms with Gasteiger partial charge in [0, 0.05) is 10.6 Å². The maximum absolute atomic E-state index is 12.8. The molecule has 0 unspecified atom stereocenters. The largest absolute Gasteiger partial charge is 0.495 e. The van der Waals surface area contributed by atoms with Gasteiger partial charge in [-0.3, -0.25) is 9.52 Å². The molecule has 3 rings (SSSR count). The van der Waals surface area contributed by atoms with E-state index < -0.39 is 10.0 Å². The number of benzene rings is 3. The van der Waals surface area contributed by atoms with E-state index in [1.165, 1.54) is 31.0 Å². The zero-order valence-corrected chi connectivity index (χ0v) is 18.2. The second-order valence-electron chi connectivity index (χ2n) is 6.44. The Morgan fingerprint density at radius 2 is 1.73 bits per heavy atom. The predicted molar refractivity (Wildman–Crippen MR) is 121 cm³/mol. The molecule has 0 spiro atoms. The summed E-state index contributed by atoms with van der Waals surface area (Å²) in [4.78, 5) is 13.4. The van der Waals surface area contributed by atoms with E-state index >= 15 is 0 Å². The van der Waals surface area contributed by atoms with Gasteiger partial charge in [0.15, 0.2) is 0 Å². The van der Waals surface area contributed by atoms with E-state index in [0.717, 1.165) is 10.5 Å². The number of ether oxygens (including phenoxy) is 1. The standard InChI is InChI=1S/C22H22N2O4S2/c1-16-8-3-6-13-21(16)29-15-22(25)23-17-9-7-10-18(14-17)30(26,27)24-19-11-4-5-12-20(19)28-2/h3-14,24H,15H2,1-2H3,(H,23,25). The molecule has 2 N–H and O–H groups in total. The van der Waals surface area contributed by atoms with Crippen LogP contribution in [0.2, 0.25) is 0 Å². The SMILES string of the molecule is COc1ccccc1NS(=O)(=O)c1cccc(NC(=O)CSc2ccccc2C)c1. The Balaban J connectivity index is 1.69. The maximum atomic E-state index is 12.8. The molecule has 3 aromatic rings. The number of carbonyl (C=O) groups excluding carboxylic acids is 1. The molecule has 0 aromatic heterocycles. The third kappa shape index (κ3) is 5.55. The van der Waals surface area contributed by atoms with Gasteiger partial charge in [-0.2, -0.15) is 0 Å². The molecule has 0 aliphatic carbocycles. The van der Waals surface area contributed by atoms with Gasteiger partial charge in [-0.1, -0.05) is 36.4 Å². The molecule has 3 aromatic carbocycles. The number of nitrogens with one attached hydrogen (secondary N) is 2. The summed E-state index contributed by atoms with van der Waals surface area (Å²) in [6.07, 6.45) is 0. The van der Waals surface area contributed by atoms with Crippen LogP contribution in [0.1, 0.15) is 5.56 Å². The van der Waals surface area contributed by atoms with Gasteiger partial charge < -0.3 is 10.1 Å². The molecule has 1 amide bonds. The molecule has 0 aliphatic rings. The van der Waals surface area contributed by atoms with Gasteiger partial charge in [-0.25, -0.2) is 8.42 Å². The fraction of sp³-hybridized carbons (Fsp3) is 0.136. The monoisotopic (exact) mass is 442 g/mol. The summed E-state index contributed by atoms with van der Waals surface area (Å²) in [6, 6.07) is 20.7. The lowest BCUT2D eigenvalue weighted by Gasteiger charge is -2.12. The fourth-order valence-corrected chi connectivity index (χ4v) is 4.68. The number of amides is 1. The van der Waals surface area contributed by atoms with E-state index in [1.54, 1.807) is 36.4 Å². The number of methoxy groups -OCH3 is 1. The van der Waals surface area contributed by atoms with Crippen molar-refractivity contribution < 1.29 is 17.9 Å². The Kier molecular flexibility index (Phi) is 7.02. The number of para-hydroxylation sites is 2. The van der Waals surface area contributed by atoms with E-state index in [0.29, 0.717) is 17.1 Å². The molecular weight excluding hydrogens is 420 g/mol. The lowest BCUT2D eigenvalue weighted by atomic mass is 10.2. The minimum Gasteiger partial charge on any atom is -0.495 e. The first-order chi connectivity index (χ1) is 14.4. The van der Waals surface area contributed by atoms with Crippen molar-refractivity contribution in [2.75, 3.05) is 22.9 Å². The third-order valence-corrected chi connectivity index (χ3v) is 6.77. The van der Waals surface area contributed by atoms with Gasteiger partial charge in [0.1, 0.15) is 5.75 Å². The second kappa shape index (κ2) is 9.69. The van der Waals surface area contributed by atoms with Gasteiger partial charge in [0.25, 0.3) is 10.0 Å². The highest BCUT2D eigenvalue weighted by Crippen LogP contribution is 2.27. The van der Waals surface area contributed by atoms with E-state index in [-0.39, 0.29) is 16.6 Å². The van der Waals surface area contributed by atoms with Crippen molar-refractivity contribution in [1.82, 2.24) is 0 Å². The molecule has 0 radical (unpaired) electrons. The average molecular weight is 443 g/mol. The Bertz CT molecular complexity index is 1150. The summed E-state index contributed by atoms with van der Waals surface area (Å²) in [5.74, 6) is 0.427. The number of hydrogen-bond donors (Lipinski definition) is 2. The molecule has 0 heterocycles. The van der Waals surface area contributed by atoms with E-state index in [2.05, 4.69) is 10.0 Å². The van der Waals surface area contributed by atoms with Gasteiger partial charge in [-0.15, -0.1) is 11.8 Å². The number of carbonyl (C=O) groups is 1. The Hall–Kier alpha value is -2.97. The average Bonchev–Trinajstić information content (AvgIpc) is 2.73. The maximum Gasteiger partial charge on any atom is 0.262 e. The van der Waals surface area contributed by atoms with Crippen molar-refractivity contribution in [1.29, 1.82) is 0 Å². The van der Waals surface area contributed by atoms with Gasteiger partial charge in [-0.05, 0) is 48.9 Å². The van der Waals surface area contributed by atoms with Crippen LogP contribution in [0.3, 0.4) is 0 Å². The van der Waals surface area contributed by atoms with Gasteiger partial charge in [0.05, 0.1) is 23.4 Å². The molecular formula is C22H22N2O4S2. The molecule has 0 fully saturated rings. The summed E-state index contributed by atoms with van der Waals surface area (Å²) in [5.41, 5.74) is 1.85. The first kappa shape index (κ1) is 21.7. The molecule has 156 valence electrons. The van der Waals surface area contributed by atoms with E-state index in [9.17, 15) is 13.2 Å². The highest BCUT2D eigenvalue weighted by atomic mass is 32.2. The summed E-state index contributed by atoms with van der Waals surface area (Å²) in [5, 5.41) is 2.75. The highest BCUT2D eigenvalue weighted by molar-refractivity contribution is 8.00. The van der Waals surface area contributed by atoms with Gasteiger partial charge >= 0.3 is 0 Å². The zero-order chi connectivity index (χ0) is 21.6. The minimum atomic E-state index is -3.85. The number of sulfonamides is 1. The lowest BCUT2D eigenvalue weighted by molar-refractivity contribution is -0.113. The number of thioether (sulfide) groups is 1. The summed E-state index contributed by atoms with van der Waals surface area (Å²) in [6.45, 7) is 1.99. The van der Waals surface area contributed by atoms with Crippen LogP contribution in [-0.4, -0.2) is 27.2 Å². The van der Waals surface area contributed by atoms with Crippen LogP contribution in [-0.2, 0) is 14.8 Å². The summed E-state index contributed by atoms with van der Waals surface area (Å²) >= 11 is 1.43. The number of hydrogen-bond acceptors (Lipinski definition) is 5. The first-order valence-electron chi connectivity index (χ1n) is 9.13. The molecule has 0 bridgehead atoms. The van der Waals surface area contributed by atoms with Crippen LogP contribution in [0.25, 0.3) is 0 Å². The Morgan fingerprint density at radius 1 is 1.00 bits per heavy atom. The topological polar surface area (TPSA) is 84.5 Å². The number of aryl methyl sites for hydroxylation is 1. The predicted octanol–water partition coefficient (Wildman–Crippen LogP) is 4.54. The van der Waals surface area contributed by atoms with Crippen molar-refractivity contribution in [3.05, 3.63) is 78.4 Å². The van der Waals surface area contributed by atoms with Crippen LogP contribution in [0.4, 0.5) is 11.4 Å².